The predicted molar refractivity (Wildman–Crippen MR) is 130 cm³/mol. The van der Waals surface area contributed by atoms with Crippen molar-refractivity contribution in [3.05, 3.63) is 0 Å². The molecule has 0 bridgehead atoms. The van der Waals surface area contributed by atoms with E-state index < -0.39 is 13.8 Å². The molecule has 0 aliphatic heterocycles. The van der Waals surface area contributed by atoms with E-state index in [4.69, 9.17) is 19.4 Å². The van der Waals surface area contributed by atoms with E-state index in [2.05, 4.69) is 30.0 Å². The monoisotopic (exact) mass is 480 g/mol. The highest BCUT2D eigenvalue weighted by atomic mass is 31.2. The Morgan fingerprint density at radius 1 is 0.781 bits per heavy atom. The van der Waals surface area contributed by atoms with Gasteiger partial charge in [-0.05, 0) is 19.4 Å². The lowest BCUT2D eigenvalue weighted by molar-refractivity contribution is -0.135. The molecule has 0 rings (SSSR count). The van der Waals surface area contributed by atoms with Crippen LogP contribution in [0.25, 0.3) is 0 Å². The van der Waals surface area contributed by atoms with Crippen LogP contribution >= 0.6 is 7.82 Å². The van der Waals surface area contributed by atoms with Crippen LogP contribution in [0.3, 0.4) is 0 Å². The van der Waals surface area contributed by atoms with Crippen LogP contribution in [0.4, 0.5) is 0 Å². The van der Waals surface area contributed by atoms with Gasteiger partial charge in [0.2, 0.25) is 0 Å². The molecule has 0 saturated carbocycles. The van der Waals surface area contributed by atoms with Gasteiger partial charge in [-0.15, -0.1) is 0 Å². The second-order valence-electron chi connectivity index (χ2n) is 7.98. The number of hydroxylamine groups is 1. The molecule has 192 valence electrons. The van der Waals surface area contributed by atoms with E-state index in [9.17, 15) is 9.36 Å². The normalized spacial score (nSPS) is 13.2. The fraction of sp³-hybridized carbons (Fsp3) is 0.955. The Kier molecular flexibility index (Phi) is 23.2. The van der Waals surface area contributed by atoms with Crippen LogP contribution in [0, 0.1) is 0 Å². The van der Waals surface area contributed by atoms with Crippen LogP contribution in [0.1, 0.15) is 90.9 Å². The van der Waals surface area contributed by atoms with Crippen molar-refractivity contribution in [1.29, 1.82) is 0 Å². The highest BCUT2D eigenvalue weighted by Crippen LogP contribution is 2.48. The Morgan fingerprint density at radius 2 is 1.41 bits per heavy atom. The Hall–Kier alpha value is -0.540. The van der Waals surface area contributed by atoms with E-state index in [1.807, 2.05) is 0 Å². The van der Waals surface area contributed by atoms with Crippen LogP contribution in [0.2, 0.25) is 0 Å². The number of hydrogen-bond donors (Lipinski definition) is 4. The van der Waals surface area contributed by atoms with Gasteiger partial charge in [-0.1, -0.05) is 78.1 Å². The molecular weight excluding hydrogens is 431 g/mol. The van der Waals surface area contributed by atoms with Crippen LogP contribution < -0.4 is 21.8 Å². The van der Waals surface area contributed by atoms with Crippen molar-refractivity contribution in [3.63, 3.8) is 0 Å². The molecule has 1 atom stereocenters. The molecule has 0 saturated heterocycles. The Bertz CT molecular complexity index is 472. The minimum atomic E-state index is -4.02. The van der Waals surface area contributed by atoms with Gasteiger partial charge in [0.05, 0.1) is 13.2 Å². The summed E-state index contributed by atoms with van der Waals surface area (Å²) in [7, 11) is -4.02. The topological polar surface area (TPSA) is 124 Å². The molecule has 5 N–H and O–H groups in total. The number of phosphoric ester groups is 1. The van der Waals surface area contributed by atoms with Gasteiger partial charge in [-0.25, -0.2) is 4.57 Å². The van der Waals surface area contributed by atoms with E-state index in [1.54, 1.807) is 0 Å². The first-order valence-corrected chi connectivity index (χ1v) is 14.0. The van der Waals surface area contributed by atoms with Crippen molar-refractivity contribution < 1.29 is 23.0 Å². The number of nitrogens with one attached hydrogen (secondary N) is 3. The van der Waals surface area contributed by atoms with Gasteiger partial charge >= 0.3 is 13.8 Å². The van der Waals surface area contributed by atoms with E-state index in [0.717, 1.165) is 38.6 Å². The summed E-state index contributed by atoms with van der Waals surface area (Å²) < 4.78 is 28.5. The molecule has 0 radical (unpaired) electrons. The van der Waals surface area contributed by atoms with Crippen molar-refractivity contribution in [2.24, 2.45) is 5.73 Å². The molecule has 0 aromatic carbocycles. The molecular formula is C22H49N4O5P. The lowest BCUT2D eigenvalue weighted by Crippen LogP contribution is -2.31. The standard InChI is InChI=1S/C22H49N4O5P/c1-3-5-7-9-11-13-16-25-21-22(27)30-32(28,31-26-19-18-24-17-15-23)29-20-14-12-10-8-6-4-2/h24-26H,3-21,23H2,1-2H3. The molecule has 0 aliphatic carbocycles. The molecule has 0 amide bonds. The van der Waals surface area contributed by atoms with Crippen molar-refractivity contribution >= 4 is 13.8 Å². The zero-order valence-corrected chi connectivity index (χ0v) is 21.4. The third-order valence-corrected chi connectivity index (χ3v) is 6.12. The third-order valence-electron chi connectivity index (χ3n) is 4.84. The predicted octanol–water partition coefficient (Wildman–Crippen LogP) is 4.03. The summed E-state index contributed by atoms with van der Waals surface area (Å²) in [5.74, 6) is -0.648. The molecule has 0 aliphatic rings. The zero-order chi connectivity index (χ0) is 23.8. The molecule has 9 nitrogen and oxygen atoms in total. The van der Waals surface area contributed by atoms with Gasteiger partial charge in [0.15, 0.2) is 0 Å². The summed E-state index contributed by atoms with van der Waals surface area (Å²) in [4.78, 5) is 12.1. The van der Waals surface area contributed by atoms with Crippen molar-refractivity contribution in [2.45, 2.75) is 90.9 Å². The van der Waals surface area contributed by atoms with Gasteiger partial charge in [0.25, 0.3) is 0 Å². The smallest absolute Gasteiger partial charge is 0.368 e. The van der Waals surface area contributed by atoms with Gasteiger partial charge in [0, 0.05) is 26.2 Å². The third kappa shape index (κ3) is 21.3. The maximum atomic E-state index is 12.9. The maximum absolute atomic E-state index is 12.9. The molecule has 1 unspecified atom stereocenters. The van der Waals surface area contributed by atoms with Gasteiger partial charge in [0.1, 0.15) is 0 Å². The fourth-order valence-corrected chi connectivity index (χ4v) is 4.06. The lowest BCUT2D eigenvalue weighted by atomic mass is 10.1. The quantitative estimate of drug-likeness (QED) is 0.0870. The molecule has 32 heavy (non-hydrogen) atoms. The first-order valence-electron chi connectivity index (χ1n) is 12.6. The Balaban J connectivity index is 4.22. The summed E-state index contributed by atoms with van der Waals surface area (Å²) in [6, 6.07) is 0. The zero-order valence-electron chi connectivity index (χ0n) is 20.5. The largest absolute Gasteiger partial charge is 0.549 e. The number of hydrogen-bond acceptors (Lipinski definition) is 9. The second kappa shape index (κ2) is 23.6. The van der Waals surface area contributed by atoms with Gasteiger partial charge in [-0.2, -0.15) is 10.1 Å². The summed E-state index contributed by atoms with van der Waals surface area (Å²) in [6.45, 7) is 7.43. The van der Waals surface area contributed by atoms with Gasteiger partial charge < -0.3 is 20.9 Å². The van der Waals surface area contributed by atoms with Crippen molar-refractivity contribution in [1.82, 2.24) is 16.1 Å². The average Bonchev–Trinajstić information content (AvgIpc) is 2.77. The van der Waals surface area contributed by atoms with Crippen molar-refractivity contribution in [3.8, 4) is 0 Å². The van der Waals surface area contributed by atoms with Crippen LogP contribution in [-0.4, -0.2) is 51.8 Å². The summed E-state index contributed by atoms with van der Waals surface area (Å²) >= 11 is 0. The summed E-state index contributed by atoms with van der Waals surface area (Å²) in [5, 5.41) is 6.11. The number of nitrogens with two attached hydrogens (primary N) is 1. The average molecular weight is 481 g/mol. The SMILES string of the molecule is CCCCCCCCNCC(=O)OP(=O)(OCCCCCCCC)ONCCNCCN. The van der Waals surface area contributed by atoms with E-state index >= 15 is 0 Å². The van der Waals surface area contributed by atoms with E-state index in [-0.39, 0.29) is 13.2 Å². The number of unbranched alkanes of at least 4 members (excludes halogenated alkanes) is 10. The number of carbonyl (C=O) groups excluding carboxylic acids is 1. The molecule has 0 fully saturated rings. The molecule has 0 heterocycles. The summed E-state index contributed by atoms with van der Waals surface area (Å²) in [5.41, 5.74) is 7.99. The molecule has 10 heteroatoms. The molecule has 0 aromatic rings. The second-order valence-corrected chi connectivity index (χ2v) is 9.50. The Labute approximate surface area is 195 Å². The van der Waals surface area contributed by atoms with Crippen LogP contribution in [0.15, 0.2) is 0 Å². The highest BCUT2D eigenvalue weighted by Gasteiger charge is 2.31. The van der Waals surface area contributed by atoms with Crippen LogP contribution in [-0.2, 0) is 23.0 Å². The number of carbonyl (C=O) groups is 1. The first kappa shape index (κ1) is 31.5. The first-order chi connectivity index (χ1) is 15.6. The van der Waals surface area contributed by atoms with Crippen molar-refractivity contribution in [2.75, 3.05) is 45.9 Å². The minimum Gasteiger partial charge on any atom is -0.368 e. The summed E-state index contributed by atoms with van der Waals surface area (Å²) in [6.07, 6.45) is 13.5. The van der Waals surface area contributed by atoms with Gasteiger partial charge in [-0.3, -0.25) is 9.32 Å². The molecule has 0 aromatic heterocycles. The number of rotatable bonds is 25. The Morgan fingerprint density at radius 3 is 2.06 bits per heavy atom. The van der Waals surface area contributed by atoms with E-state index in [1.165, 1.54) is 44.9 Å². The lowest BCUT2D eigenvalue weighted by Gasteiger charge is -2.18. The van der Waals surface area contributed by atoms with Crippen LogP contribution in [0.5, 0.6) is 0 Å². The molecule has 0 spiro atoms. The fourth-order valence-electron chi connectivity index (χ4n) is 3.00. The highest BCUT2D eigenvalue weighted by molar-refractivity contribution is 7.49. The maximum Gasteiger partial charge on any atom is 0.549 e. The minimum absolute atomic E-state index is 0.0270. The number of phosphoric acid groups is 1. The van der Waals surface area contributed by atoms with E-state index in [0.29, 0.717) is 26.2 Å².